The summed E-state index contributed by atoms with van der Waals surface area (Å²) >= 11 is 0. The van der Waals surface area contributed by atoms with Crippen LogP contribution in [0.25, 0.3) is 27.6 Å². The third kappa shape index (κ3) is 4.01. The lowest BCUT2D eigenvalue weighted by Gasteiger charge is -2.35. The highest BCUT2D eigenvalue weighted by atomic mass is 19.1. The highest BCUT2D eigenvalue weighted by Crippen LogP contribution is 2.33. The van der Waals surface area contributed by atoms with Gasteiger partial charge in [0.05, 0.1) is 17.3 Å². The van der Waals surface area contributed by atoms with E-state index in [1.807, 2.05) is 32.0 Å². The van der Waals surface area contributed by atoms with Gasteiger partial charge in [-0.2, -0.15) is 4.68 Å². The molecular formula is C28H26FN7O. The molecule has 0 unspecified atom stereocenters. The van der Waals surface area contributed by atoms with E-state index in [9.17, 15) is 4.79 Å². The Morgan fingerprint density at radius 1 is 1.11 bits per heavy atom. The second-order valence-corrected chi connectivity index (χ2v) is 9.45. The van der Waals surface area contributed by atoms with Gasteiger partial charge in [-0.05, 0) is 74.0 Å². The molecule has 3 aromatic heterocycles. The summed E-state index contributed by atoms with van der Waals surface area (Å²) in [6.45, 7) is 5.53. The molecule has 1 atom stereocenters. The molecule has 9 heteroatoms. The lowest BCUT2D eigenvalue weighted by atomic mass is 9.99. The van der Waals surface area contributed by atoms with E-state index >= 15 is 4.39 Å². The number of carbonyl (C=O) groups excluding carboxylic acids is 1. The van der Waals surface area contributed by atoms with Crippen LogP contribution in [-0.2, 0) is 0 Å². The van der Waals surface area contributed by atoms with Gasteiger partial charge in [-0.3, -0.25) is 9.69 Å². The van der Waals surface area contributed by atoms with Gasteiger partial charge in [-0.25, -0.2) is 14.4 Å². The van der Waals surface area contributed by atoms with Crippen molar-refractivity contribution in [2.24, 2.45) is 0 Å². The Morgan fingerprint density at radius 2 is 2.00 bits per heavy atom. The van der Waals surface area contributed by atoms with Crippen molar-refractivity contribution in [2.75, 3.05) is 18.0 Å². The first-order valence-electron chi connectivity index (χ1n) is 12.4. The molecule has 5 aromatic rings. The Balaban J connectivity index is 1.46. The molecule has 1 aliphatic heterocycles. The van der Waals surface area contributed by atoms with E-state index in [2.05, 4.69) is 20.6 Å². The number of aromatic nitrogens is 5. The Hall–Kier alpha value is -4.24. The van der Waals surface area contributed by atoms with E-state index in [1.54, 1.807) is 35.5 Å². The highest BCUT2D eigenvalue weighted by Gasteiger charge is 2.32. The molecule has 1 aliphatic rings. The SMILES string of the molecule is Cc1cnc(N(C(=O)c2ccc(-n3nnc4cccnc43)cc2F)[C@@H]2CCCNC2)c2c(C)cccc12. The number of amides is 1. The second-order valence-electron chi connectivity index (χ2n) is 9.45. The number of piperidine rings is 1. The number of fused-ring (bicyclic) bond motifs is 2. The Morgan fingerprint density at radius 3 is 2.81 bits per heavy atom. The van der Waals surface area contributed by atoms with E-state index in [0.29, 0.717) is 29.2 Å². The fraction of sp³-hybridized carbons (Fsp3) is 0.250. The normalized spacial score (nSPS) is 15.8. The summed E-state index contributed by atoms with van der Waals surface area (Å²) in [6, 6.07) is 13.9. The van der Waals surface area contributed by atoms with Crippen LogP contribution >= 0.6 is 0 Å². The quantitative estimate of drug-likeness (QED) is 0.394. The molecular weight excluding hydrogens is 469 g/mol. The molecule has 186 valence electrons. The van der Waals surface area contributed by atoms with Crippen molar-refractivity contribution in [3.8, 4) is 5.69 Å². The summed E-state index contributed by atoms with van der Waals surface area (Å²) in [5.41, 5.74) is 3.59. The van der Waals surface area contributed by atoms with Gasteiger partial charge in [0.15, 0.2) is 5.65 Å². The minimum absolute atomic E-state index is 0.0178. The monoisotopic (exact) mass is 495 g/mol. The first-order chi connectivity index (χ1) is 18.0. The maximum absolute atomic E-state index is 15.6. The van der Waals surface area contributed by atoms with Gasteiger partial charge in [0.1, 0.15) is 17.2 Å². The van der Waals surface area contributed by atoms with Crippen LogP contribution in [0.3, 0.4) is 0 Å². The van der Waals surface area contributed by atoms with Gasteiger partial charge < -0.3 is 5.32 Å². The number of aryl methyl sites for hydroxylation is 2. The molecule has 6 rings (SSSR count). The Kier molecular flexibility index (Phi) is 5.84. The number of hydrogen-bond acceptors (Lipinski definition) is 6. The minimum atomic E-state index is -0.635. The third-order valence-corrected chi connectivity index (χ3v) is 7.02. The van der Waals surface area contributed by atoms with Crippen LogP contribution < -0.4 is 10.2 Å². The van der Waals surface area contributed by atoms with Gasteiger partial charge in [-0.15, -0.1) is 5.10 Å². The van der Waals surface area contributed by atoms with Gasteiger partial charge in [-0.1, -0.05) is 23.4 Å². The van der Waals surface area contributed by atoms with E-state index in [0.717, 1.165) is 41.3 Å². The summed E-state index contributed by atoms with van der Waals surface area (Å²) in [7, 11) is 0. The molecule has 1 amide bonds. The number of nitrogens with one attached hydrogen (secondary N) is 1. The van der Waals surface area contributed by atoms with Gasteiger partial charge in [0, 0.05) is 30.4 Å². The number of rotatable bonds is 4. The minimum Gasteiger partial charge on any atom is -0.315 e. The van der Waals surface area contributed by atoms with Crippen molar-refractivity contribution in [3.63, 3.8) is 0 Å². The zero-order chi connectivity index (χ0) is 25.5. The van der Waals surface area contributed by atoms with Gasteiger partial charge >= 0.3 is 0 Å². The lowest BCUT2D eigenvalue weighted by molar-refractivity contribution is 0.0968. The molecule has 37 heavy (non-hydrogen) atoms. The molecule has 8 nitrogen and oxygen atoms in total. The van der Waals surface area contributed by atoms with Gasteiger partial charge in [0.25, 0.3) is 5.91 Å². The van der Waals surface area contributed by atoms with Crippen LogP contribution in [0.1, 0.15) is 34.3 Å². The summed E-state index contributed by atoms with van der Waals surface area (Å²) < 4.78 is 17.1. The molecule has 0 spiro atoms. The average Bonchev–Trinajstić information content (AvgIpc) is 3.35. The molecule has 1 saturated heterocycles. The van der Waals surface area contributed by atoms with Crippen molar-refractivity contribution in [1.82, 2.24) is 30.3 Å². The number of benzene rings is 2. The van der Waals surface area contributed by atoms with Crippen LogP contribution in [0.5, 0.6) is 0 Å². The van der Waals surface area contributed by atoms with Crippen molar-refractivity contribution in [1.29, 1.82) is 0 Å². The highest BCUT2D eigenvalue weighted by molar-refractivity contribution is 6.11. The van der Waals surface area contributed by atoms with Crippen molar-refractivity contribution < 1.29 is 9.18 Å². The van der Waals surface area contributed by atoms with Crippen molar-refractivity contribution in [2.45, 2.75) is 32.7 Å². The first kappa shape index (κ1) is 23.2. The predicted molar refractivity (Wildman–Crippen MR) is 141 cm³/mol. The summed E-state index contributed by atoms with van der Waals surface area (Å²) in [4.78, 5) is 24.8. The van der Waals surface area contributed by atoms with Crippen molar-refractivity contribution in [3.05, 3.63) is 83.4 Å². The van der Waals surface area contributed by atoms with E-state index in [-0.39, 0.29) is 11.6 Å². The van der Waals surface area contributed by atoms with Crippen LogP contribution in [0.2, 0.25) is 0 Å². The molecule has 1 N–H and O–H groups in total. The fourth-order valence-corrected chi connectivity index (χ4v) is 5.13. The zero-order valence-electron chi connectivity index (χ0n) is 20.6. The molecule has 0 bridgehead atoms. The molecule has 0 saturated carbocycles. The fourth-order valence-electron chi connectivity index (χ4n) is 5.13. The van der Waals surface area contributed by atoms with Gasteiger partial charge in [0.2, 0.25) is 0 Å². The molecule has 4 heterocycles. The van der Waals surface area contributed by atoms with Crippen molar-refractivity contribution >= 4 is 33.7 Å². The van der Waals surface area contributed by atoms with Crippen LogP contribution in [-0.4, -0.2) is 50.0 Å². The molecule has 1 fully saturated rings. The lowest BCUT2D eigenvalue weighted by Crippen LogP contribution is -2.49. The molecule has 2 aromatic carbocycles. The zero-order valence-corrected chi connectivity index (χ0v) is 20.6. The number of nitrogens with zero attached hydrogens (tertiary/aromatic N) is 6. The van der Waals surface area contributed by atoms with E-state index in [4.69, 9.17) is 4.98 Å². The summed E-state index contributed by atoms with van der Waals surface area (Å²) in [5.74, 6) is -0.489. The average molecular weight is 496 g/mol. The largest absolute Gasteiger partial charge is 0.315 e. The standard InChI is InChI=1S/C28H26FN7O/c1-17-6-3-8-21-18(2)15-32-27(25(17)21)35(20-7-4-12-30-16-20)28(37)22-11-10-19(14-23(22)29)36-26-24(33-34-36)9-5-13-31-26/h3,5-6,8-11,13-15,20,30H,4,7,12,16H2,1-2H3/t20-/m1/s1. The maximum atomic E-state index is 15.6. The van der Waals surface area contributed by atoms with Crippen LogP contribution in [0.4, 0.5) is 10.2 Å². The summed E-state index contributed by atoms with van der Waals surface area (Å²) in [6.07, 6.45) is 5.15. The molecule has 0 radical (unpaired) electrons. The third-order valence-electron chi connectivity index (χ3n) is 7.02. The van der Waals surface area contributed by atoms with E-state index in [1.165, 1.54) is 16.8 Å². The van der Waals surface area contributed by atoms with Crippen LogP contribution in [0, 0.1) is 19.7 Å². The number of hydrogen-bond donors (Lipinski definition) is 1. The predicted octanol–water partition coefficient (Wildman–Crippen LogP) is 4.52. The van der Waals surface area contributed by atoms with Crippen LogP contribution in [0.15, 0.2) is 60.9 Å². The topological polar surface area (TPSA) is 88.8 Å². The Bertz CT molecular complexity index is 1640. The smallest absolute Gasteiger partial charge is 0.262 e. The van der Waals surface area contributed by atoms with E-state index < -0.39 is 11.7 Å². The number of anilines is 1. The number of carbonyl (C=O) groups is 1. The summed E-state index contributed by atoms with van der Waals surface area (Å²) in [5, 5.41) is 13.5. The first-order valence-corrected chi connectivity index (χ1v) is 12.4. The number of halogens is 1. The second kappa shape index (κ2) is 9.33. The number of pyridine rings is 2. The molecule has 0 aliphatic carbocycles. The Labute approximate surface area is 213 Å². The maximum Gasteiger partial charge on any atom is 0.262 e.